The number of rotatable bonds is 3. The fourth-order valence-corrected chi connectivity index (χ4v) is 2.95. The van der Waals surface area contributed by atoms with Crippen molar-refractivity contribution in [1.29, 1.82) is 0 Å². The molecule has 2 atom stereocenters. The Balaban J connectivity index is 2.09. The molecule has 0 saturated heterocycles. The monoisotopic (exact) mass is 307 g/mol. The molecule has 0 aromatic heterocycles. The average Bonchev–Trinajstić information content (AvgIpc) is 2.94. The number of nitrogens with one attached hydrogen (secondary N) is 1. The summed E-state index contributed by atoms with van der Waals surface area (Å²) in [5.41, 5.74) is 0.828. The van der Waals surface area contributed by atoms with Crippen molar-refractivity contribution in [3.8, 4) is 0 Å². The number of halogens is 2. The first-order chi connectivity index (χ1) is 8.28. The molecule has 7 heteroatoms. The van der Waals surface area contributed by atoms with Gasteiger partial charge < -0.3 is 0 Å². The van der Waals surface area contributed by atoms with Gasteiger partial charge in [-0.1, -0.05) is 29.3 Å². The fourth-order valence-electron chi connectivity index (χ4n) is 1.89. The zero-order valence-corrected chi connectivity index (χ0v) is 11.8. The summed E-state index contributed by atoms with van der Waals surface area (Å²) in [6, 6.07) is 5.08. The maximum Gasteiger partial charge on any atom is 0.237 e. The minimum absolute atomic E-state index is 0.0310. The zero-order chi connectivity index (χ0) is 13.5. The van der Waals surface area contributed by atoms with Gasteiger partial charge in [0.25, 0.3) is 0 Å². The SMILES string of the molecule is CS(=O)(=O)NC(=O)[C@H]1C[C@H]1c1ccc(Cl)cc1Cl. The zero-order valence-electron chi connectivity index (χ0n) is 9.48. The molecule has 1 aliphatic carbocycles. The second kappa shape index (κ2) is 4.72. The first kappa shape index (κ1) is 13.6. The maximum absolute atomic E-state index is 11.6. The predicted molar refractivity (Wildman–Crippen MR) is 70.3 cm³/mol. The summed E-state index contributed by atoms with van der Waals surface area (Å²) in [6.07, 6.45) is 1.56. The highest BCUT2D eigenvalue weighted by molar-refractivity contribution is 7.89. The van der Waals surface area contributed by atoms with Crippen molar-refractivity contribution < 1.29 is 13.2 Å². The van der Waals surface area contributed by atoms with Crippen LogP contribution in [-0.4, -0.2) is 20.6 Å². The predicted octanol–water partition coefficient (Wildman–Crippen LogP) is 2.17. The molecule has 1 N–H and O–H groups in total. The Morgan fingerprint density at radius 1 is 1.39 bits per heavy atom. The third kappa shape index (κ3) is 3.16. The van der Waals surface area contributed by atoms with E-state index in [-0.39, 0.29) is 11.8 Å². The lowest BCUT2D eigenvalue weighted by Crippen LogP contribution is -2.30. The van der Waals surface area contributed by atoms with Gasteiger partial charge in [-0.2, -0.15) is 0 Å². The van der Waals surface area contributed by atoms with Crippen molar-refractivity contribution >= 4 is 39.1 Å². The standard InChI is InChI=1S/C11H11Cl2NO3S/c1-18(16,17)14-11(15)9-5-8(9)7-3-2-6(12)4-10(7)13/h2-4,8-9H,5H2,1H3,(H,14,15)/t8-,9-/m0/s1. The van der Waals surface area contributed by atoms with E-state index in [0.717, 1.165) is 11.8 Å². The van der Waals surface area contributed by atoms with Crippen LogP contribution in [0.2, 0.25) is 10.0 Å². The van der Waals surface area contributed by atoms with Crippen molar-refractivity contribution in [2.24, 2.45) is 5.92 Å². The van der Waals surface area contributed by atoms with Gasteiger partial charge in [-0.25, -0.2) is 8.42 Å². The molecule has 2 rings (SSSR count). The molecule has 98 valence electrons. The fraction of sp³-hybridized carbons (Fsp3) is 0.364. The Hall–Kier alpha value is -0.780. The summed E-state index contributed by atoms with van der Waals surface area (Å²) in [6.45, 7) is 0. The highest BCUT2D eigenvalue weighted by Crippen LogP contribution is 2.50. The van der Waals surface area contributed by atoms with Crippen LogP contribution in [0.15, 0.2) is 18.2 Å². The van der Waals surface area contributed by atoms with E-state index < -0.39 is 15.9 Å². The van der Waals surface area contributed by atoms with Crippen molar-refractivity contribution in [3.63, 3.8) is 0 Å². The topological polar surface area (TPSA) is 63.2 Å². The Labute approximate surface area is 115 Å². The quantitative estimate of drug-likeness (QED) is 0.931. The molecule has 18 heavy (non-hydrogen) atoms. The Morgan fingerprint density at radius 3 is 2.61 bits per heavy atom. The van der Waals surface area contributed by atoms with Crippen molar-refractivity contribution in [2.75, 3.05) is 6.26 Å². The molecule has 1 aromatic carbocycles. The highest BCUT2D eigenvalue weighted by Gasteiger charge is 2.45. The Morgan fingerprint density at radius 2 is 2.06 bits per heavy atom. The second-order valence-corrected chi connectivity index (χ2v) is 6.95. The summed E-state index contributed by atoms with van der Waals surface area (Å²) in [5.74, 6) is -0.844. The molecule has 4 nitrogen and oxygen atoms in total. The van der Waals surface area contributed by atoms with E-state index >= 15 is 0 Å². The van der Waals surface area contributed by atoms with Crippen LogP contribution in [0, 0.1) is 5.92 Å². The van der Waals surface area contributed by atoms with Crippen molar-refractivity contribution in [2.45, 2.75) is 12.3 Å². The van der Waals surface area contributed by atoms with Crippen LogP contribution in [0.5, 0.6) is 0 Å². The summed E-state index contributed by atoms with van der Waals surface area (Å²) in [5, 5.41) is 1.03. The van der Waals surface area contributed by atoms with Gasteiger partial charge >= 0.3 is 0 Å². The van der Waals surface area contributed by atoms with Crippen LogP contribution >= 0.6 is 23.2 Å². The van der Waals surface area contributed by atoms with Crippen molar-refractivity contribution in [3.05, 3.63) is 33.8 Å². The molecular weight excluding hydrogens is 297 g/mol. The summed E-state index contributed by atoms with van der Waals surface area (Å²) < 4.78 is 23.9. The number of carbonyl (C=O) groups is 1. The van der Waals surface area contributed by atoms with Gasteiger partial charge in [0, 0.05) is 16.0 Å². The van der Waals surface area contributed by atoms with E-state index in [0.29, 0.717) is 16.5 Å². The van der Waals surface area contributed by atoms with Gasteiger partial charge in [0.15, 0.2) is 0 Å². The van der Waals surface area contributed by atoms with Gasteiger partial charge in [-0.15, -0.1) is 0 Å². The minimum Gasteiger partial charge on any atom is -0.274 e. The van der Waals surface area contributed by atoms with Gasteiger partial charge in [-0.3, -0.25) is 9.52 Å². The number of sulfonamides is 1. The molecule has 0 bridgehead atoms. The molecule has 1 aromatic rings. The summed E-state index contributed by atoms with van der Waals surface area (Å²) in [7, 11) is -3.50. The van der Waals surface area contributed by atoms with E-state index in [1.54, 1.807) is 18.2 Å². The van der Waals surface area contributed by atoms with E-state index in [1.165, 1.54) is 0 Å². The maximum atomic E-state index is 11.6. The van der Waals surface area contributed by atoms with Gasteiger partial charge in [0.05, 0.1) is 6.26 Å². The van der Waals surface area contributed by atoms with Crippen LogP contribution in [0.1, 0.15) is 17.9 Å². The lowest BCUT2D eigenvalue weighted by atomic mass is 10.1. The lowest BCUT2D eigenvalue weighted by molar-refractivity contribution is -0.120. The molecule has 0 radical (unpaired) electrons. The van der Waals surface area contributed by atoms with E-state index in [9.17, 15) is 13.2 Å². The van der Waals surface area contributed by atoms with E-state index in [4.69, 9.17) is 23.2 Å². The van der Waals surface area contributed by atoms with Crippen LogP contribution in [0.3, 0.4) is 0 Å². The largest absolute Gasteiger partial charge is 0.274 e. The van der Waals surface area contributed by atoms with Crippen LogP contribution in [0.4, 0.5) is 0 Å². The lowest BCUT2D eigenvalue weighted by Gasteiger charge is -2.04. The molecule has 0 aliphatic heterocycles. The molecule has 1 fully saturated rings. The molecule has 1 saturated carbocycles. The smallest absolute Gasteiger partial charge is 0.237 e. The normalized spacial score (nSPS) is 22.6. The molecule has 1 aliphatic rings. The molecule has 0 unspecified atom stereocenters. The van der Waals surface area contributed by atoms with Crippen LogP contribution in [-0.2, 0) is 14.8 Å². The van der Waals surface area contributed by atoms with Gasteiger partial charge in [-0.05, 0) is 30.0 Å². The van der Waals surface area contributed by atoms with Gasteiger partial charge in [0.1, 0.15) is 0 Å². The molecule has 0 heterocycles. The summed E-state index contributed by atoms with van der Waals surface area (Å²) >= 11 is 11.8. The highest BCUT2D eigenvalue weighted by atomic mass is 35.5. The Bertz CT molecular complexity index is 600. The van der Waals surface area contributed by atoms with E-state index in [1.807, 2.05) is 4.72 Å². The second-order valence-electron chi connectivity index (χ2n) is 4.35. The third-order valence-electron chi connectivity index (χ3n) is 2.78. The van der Waals surface area contributed by atoms with Gasteiger partial charge in [0.2, 0.25) is 15.9 Å². The average molecular weight is 308 g/mol. The number of amides is 1. The van der Waals surface area contributed by atoms with E-state index in [2.05, 4.69) is 0 Å². The summed E-state index contributed by atoms with van der Waals surface area (Å²) in [4.78, 5) is 11.6. The number of hydrogen-bond donors (Lipinski definition) is 1. The molecular formula is C11H11Cl2NO3S. The number of benzene rings is 1. The number of hydrogen-bond acceptors (Lipinski definition) is 3. The molecule has 0 spiro atoms. The number of carbonyl (C=O) groups excluding carboxylic acids is 1. The minimum atomic E-state index is -3.50. The molecule has 1 amide bonds. The van der Waals surface area contributed by atoms with Crippen molar-refractivity contribution in [1.82, 2.24) is 4.72 Å². The first-order valence-corrected chi connectivity index (χ1v) is 7.89. The first-order valence-electron chi connectivity index (χ1n) is 5.24. The van der Waals surface area contributed by atoms with Crippen LogP contribution in [0.25, 0.3) is 0 Å². The van der Waals surface area contributed by atoms with Crippen LogP contribution < -0.4 is 4.72 Å². The Kier molecular flexibility index (Phi) is 3.58. The third-order valence-corrected chi connectivity index (χ3v) is 3.91.